The Morgan fingerprint density at radius 2 is 2.15 bits per heavy atom. The zero-order chi connectivity index (χ0) is 10.1. The number of hydrogen-bond donors (Lipinski definition) is 0. The molecule has 1 aromatic heterocycles. The molecule has 0 bridgehead atoms. The molecule has 0 saturated heterocycles. The lowest BCUT2D eigenvalue weighted by molar-refractivity contribution is 0.112. The second kappa shape index (κ2) is 3.50. The van der Waals surface area contributed by atoms with Gasteiger partial charge in [-0.15, -0.1) is 0 Å². The Balaban J connectivity index is 2.95. The first kappa shape index (κ1) is 10.3. The molecule has 0 spiro atoms. The summed E-state index contributed by atoms with van der Waals surface area (Å²) >= 11 is 5.61. The smallest absolute Gasteiger partial charge is 0.236 e. The number of aldehydes is 1. The SMILES string of the molecule is CC(C)(C)Cc1noc(Cl)c1C=O. The Morgan fingerprint density at radius 1 is 1.54 bits per heavy atom. The Bertz CT molecular complexity index is 312. The van der Waals surface area contributed by atoms with E-state index in [9.17, 15) is 4.79 Å². The van der Waals surface area contributed by atoms with Gasteiger partial charge in [-0.3, -0.25) is 4.79 Å². The van der Waals surface area contributed by atoms with Gasteiger partial charge in [0.25, 0.3) is 0 Å². The van der Waals surface area contributed by atoms with Gasteiger partial charge in [0.15, 0.2) is 6.29 Å². The van der Waals surface area contributed by atoms with Crippen LogP contribution < -0.4 is 0 Å². The highest BCUT2D eigenvalue weighted by Crippen LogP contribution is 2.25. The fourth-order valence-electron chi connectivity index (χ4n) is 1.05. The van der Waals surface area contributed by atoms with Crippen molar-refractivity contribution in [2.45, 2.75) is 27.2 Å². The van der Waals surface area contributed by atoms with Crippen molar-refractivity contribution >= 4 is 17.9 Å². The maximum Gasteiger partial charge on any atom is 0.236 e. The number of rotatable bonds is 2. The van der Waals surface area contributed by atoms with Gasteiger partial charge in [0, 0.05) is 0 Å². The van der Waals surface area contributed by atoms with Crippen molar-refractivity contribution in [2.75, 3.05) is 0 Å². The Morgan fingerprint density at radius 3 is 2.62 bits per heavy atom. The van der Waals surface area contributed by atoms with Crippen molar-refractivity contribution in [1.29, 1.82) is 0 Å². The minimum atomic E-state index is 0.0674. The number of nitrogens with zero attached hydrogens (tertiary/aromatic N) is 1. The van der Waals surface area contributed by atoms with E-state index < -0.39 is 0 Å². The molecule has 4 heteroatoms. The molecular formula is C9H12ClNO2. The molecule has 1 aromatic rings. The van der Waals surface area contributed by atoms with Crippen LogP contribution in [0.2, 0.25) is 5.22 Å². The molecule has 0 saturated carbocycles. The molecule has 1 heterocycles. The predicted octanol–water partition coefficient (Wildman–Crippen LogP) is 2.73. The highest BCUT2D eigenvalue weighted by molar-refractivity contribution is 6.31. The molecule has 0 aliphatic heterocycles. The van der Waals surface area contributed by atoms with Crippen molar-refractivity contribution in [3.05, 3.63) is 16.5 Å². The lowest BCUT2D eigenvalue weighted by Gasteiger charge is -2.15. The molecule has 13 heavy (non-hydrogen) atoms. The Kier molecular flexibility index (Phi) is 2.76. The molecule has 0 aliphatic carbocycles. The third-order valence-corrected chi connectivity index (χ3v) is 1.85. The van der Waals surface area contributed by atoms with Crippen molar-refractivity contribution in [3.63, 3.8) is 0 Å². The van der Waals surface area contributed by atoms with Gasteiger partial charge in [-0.1, -0.05) is 25.9 Å². The van der Waals surface area contributed by atoms with E-state index in [1.165, 1.54) is 0 Å². The fourth-order valence-corrected chi connectivity index (χ4v) is 1.24. The van der Waals surface area contributed by atoms with E-state index in [-0.39, 0.29) is 10.6 Å². The summed E-state index contributed by atoms with van der Waals surface area (Å²) in [6, 6.07) is 0. The molecular weight excluding hydrogens is 190 g/mol. The van der Waals surface area contributed by atoms with Gasteiger partial charge in [0.1, 0.15) is 0 Å². The second-order valence-corrected chi connectivity index (χ2v) is 4.52. The summed E-state index contributed by atoms with van der Waals surface area (Å²) in [5.74, 6) is 0. The average Bonchev–Trinajstić information content (AvgIpc) is 2.28. The van der Waals surface area contributed by atoms with Gasteiger partial charge in [0.05, 0.1) is 11.3 Å². The lowest BCUT2D eigenvalue weighted by atomic mass is 9.89. The van der Waals surface area contributed by atoms with Crippen LogP contribution in [-0.4, -0.2) is 11.4 Å². The monoisotopic (exact) mass is 201 g/mol. The van der Waals surface area contributed by atoms with Crippen LogP contribution in [0.5, 0.6) is 0 Å². The zero-order valence-corrected chi connectivity index (χ0v) is 8.68. The van der Waals surface area contributed by atoms with Crippen LogP contribution in [0.15, 0.2) is 4.52 Å². The summed E-state index contributed by atoms with van der Waals surface area (Å²) in [4.78, 5) is 10.6. The molecule has 0 N–H and O–H groups in total. The average molecular weight is 202 g/mol. The van der Waals surface area contributed by atoms with Crippen LogP contribution >= 0.6 is 11.6 Å². The molecule has 3 nitrogen and oxygen atoms in total. The summed E-state index contributed by atoms with van der Waals surface area (Å²) in [6.45, 7) is 6.18. The van der Waals surface area contributed by atoms with E-state index in [1.54, 1.807) is 0 Å². The Labute approximate surface area is 82.1 Å². The third kappa shape index (κ3) is 2.56. The predicted molar refractivity (Wildman–Crippen MR) is 50.1 cm³/mol. The van der Waals surface area contributed by atoms with Crippen molar-refractivity contribution in [3.8, 4) is 0 Å². The van der Waals surface area contributed by atoms with Crippen LogP contribution in [-0.2, 0) is 6.42 Å². The largest absolute Gasteiger partial charge is 0.343 e. The molecule has 0 unspecified atom stereocenters. The van der Waals surface area contributed by atoms with Crippen LogP contribution in [0, 0.1) is 5.41 Å². The van der Waals surface area contributed by atoms with Gasteiger partial charge in [-0.05, 0) is 23.4 Å². The quantitative estimate of drug-likeness (QED) is 0.691. The first-order chi connectivity index (χ1) is 5.94. The summed E-state index contributed by atoms with van der Waals surface area (Å²) in [5.41, 5.74) is 1.07. The summed E-state index contributed by atoms with van der Waals surface area (Å²) < 4.78 is 4.72. The molecule has 72 valence electrons. The van der Waals surface area contributed by atoms with Gasteiger partial charge in [0.2, 0.25) is 5.22 Å². The van der Waals surface area contributed by atoms with E-state index in [0.29, 0.717) is 24.0 Å². The van der Waals surface area contributed by atoms with Crippen LogP contribution in [0.1, 0.15) is 36.8 Å². The third-order valence-electron chi connectivity index (χ3n) is 1.57. The number of carbonyl (C=O) groups is 1. The van der Waals surface area contributed by atoms with Gasteiger partial charge >= 0.3 is 0 Å². The van der Waals surface area contributed by atoms with E-state index in [0.717, 1.165) is 0 Å². The summed E-state index contributed by atoms with van der Waals surface area (Å²) in [5, 5.41) is 3.81. The van der Waals surface area contributed by atoms with E-state index in [2.05, 4.69) is 25.9 Å². The van der Waals surface area contributed by atoms with Gasteiger partial charge in [-0.25, -0.2) is 0 Å². The first-order valence-corrected chi connectivity index (χ1v) is 4.41. The highest BCUT2D eigenvalue weighted by atomic mass is 35.5. The Hall–Kier alpha value is -0.830. The standard InChI is InChI=1S/C9H12ClNO2/c1-9(2,3)4-7-6(5-12)8(10)13-11-7/h5H,4H2,1-3H3. The fraction of sp³-hybridized carbons (Fsp3) is 0.556. The minimum Gasteiger partial charge on any atom is -0.343 e. The van der Waals surface area contributed by atoms with E-state index in [1.807, 2.05) is 0 Å². The molecule has 0 aliphatic rings. The van der Waals surface area contributed by atoms with Crippen molar-refractivity contribution in [2.24, 2.45) is 5.41 Å². The van der Waals surface area contributed by atoms with Crippen molar-refractivity contribution in [1.82, 2.24) is 5.16 Å². The molecule has 0 amide bonds. The maximum atomic E-state index is 10.6. The van der Waals surface area contributed by atoms with Gasteiger partial charge < -0.3 is 4.52 Å². The zero-order valence-electron chi connectivity index (χ0n) is 7.93. The number of aromatic nitrogens is 1. The van der Waals surface area contributed by atoms with E-state index >= 15 is 0 Å². The normalized spacial score (nSPS) is 11.7. The molecule has 0 aromatic carbocycles. The van der Waals surface area contributed by atoms with Crippen LogP contribution in [0.4, 0.5) is 0 Å². The highest BCUT2D eigenvalue weighted by Gasteiger charge is 2.19. The van der Waals surface area contributed by atoms with E-state index in [4.69, 9.17) is 16.1 Å². The maximum absolute atomic E-state index is 10.6. The number of hydrogen-bond acceptors (Lipinski definition) is 3. The molecule has 0 atom stereocenters. The lowest BCUT2D eigenvalue weighted by Crippen LogP contribution is -2.10. The number of halogens is 1. The topological polar surface area (TPSA) is 43.1 Å². The van der Waals surface area contributed by atoms with Crippen LogP contribution in [0.3, 0.4) is 0 Å². The molecule has 0 radical (unpaired) electrons. The summed E-state index contributed by atoms with van der Waals surface area (Å²) in [7, 11) is 0. The summed E-state index contributed by atoms with van der Waals surface area (Å²) in [6.07, 6.45) is 1.36. The van der Waals surface area contributed by atoms with Gasteiger partial charge in [-0.2, -0.15) is 0 Å². The number of carbonyl (C=O) groups excluding carboxylic acids is 1. The molecule has 1 rings (SSSR count). The van der Waals surface area contributed by atoms with Crippen LogP contribution in [0.25, 0.3) is 0 Å². The second-order valence-electron chi connectivity index (χ2n) is 4.17. The minimum absolute atomic E-state index is 0.0674. The van der Waals surface area contributed by atoms with Crippen molar-refractivity contribution < 1.29 is 9.32 Å². The molecule has 0 fully saturated rings. The first-order valence-electron chi connectivity index (χ1n) is 4.03.